The minimum Gasteiger partial charge on any atom is -0.365 e. The first-order chi connectivity index (χ1) is 16.0. The first-order valence-electron chi connectivity index (χ1n) is 10.6. The fourth-order valence-corrected chi connectivity index (χ4v) is 4.36. The lowest BCUT2D eigenvalue weighted by atomic mass is 10.1. The Morgan fingerprint density at radius 1 is 1.12 bits per heavy atom. The lowest BCUT2D eigenvalue weighted by molar-refractivity contribution is 0.102. The van der Waals surface area contributed by atoms with Gasteiger partial charge in [0.05, 0.1) is 16.1 Å². The number of aromatic nitrogens is 4. The number of hydrogen-bond donors (Lipinski definition) is 2. The van der Waals surface area contributed by atoms with Crippen LogP contribution in [0.1, 0.15) is 10.4 Å². The standard InChI is InChI=1S/C23H24N8OS/c1-24-23-27-11-19(33-23)17-5-4-15-10-26-20(9-18(15)28-17)29-22(32)14-6-7-25-21(8-14)31-12-16(13-31)30(2)3/h4-11,16H,12-13H2,1-3H3,(H,24,27)(H,26,29,32). The van der Waals surface area contributed by atoms with Crippen LogP contribution in [-0.4, -0.2) is 71.0 Å². The maximum Gasteiger partial charge on any atom is 0.257 e. The number of amides is 1. The summed E-state index contributed by atoms with van der Waals surface area (Å²) in [5.41, 5.74) is 2.12. The lowest BCUT2D eigenvalue weighted by Gasteiger charge is -2.43. The molecule has 0 saturated carbocycles. The van der Waals surface area contributed by atoms with Crippen LogP contribution >= 0.6 is 11.3 Å². The van der Waals surface area contributed by atoms with Crippen LogP contribution in [0.25, 0.3) is 21.5 Å². The summed E-state index contributed by atoms with van der Waals surface area (Å²) in [5.74, 6) is 1.03. The molecule has 0 radical (unpaired) electrons. The molecule has 1 aliphatic heterocycles. The van der Waals surface area contributed by atoms with Crippen molar-refractivity contribution in [2.75, 3.05) is 49.8 Å². The number of rotatable bonds is 6. The SMILES string of the molecule is CNc1ncc(-c2ccc3cnc(NC(=O)c4ccnc(N5CC(N(C)C)C5)c4)cc3n2)s1. The highest BCUT2D eigenvalue weighted by atomic mass is 32.1. The Balaban J connectivity index is 1.33. The maximum absolute atomic E-state index is 12.9. The van der Waals surface area contributed by atoms with E-state index in [9.17, 15) is 4.79 Å². The van der Waals surface area contributed by atoms with E-state index >= 15 is 0 Å². The van der Waals surface area contributed by atoms with Crippen LogP contribution in [0.2, 0.25) is 0 Å². The number of nitrogens with one attached hydrogen (secondary N) is 2. The van der Waals surface area contributed by atoms with E-state index < -0.39 is 0 Å². The topological polar surface area (TPSA) is 99.2 Å². The second-order valence-electron chi connectivity index (χ2n) is 8.12. The van der Waals surface area contributed by atoms with E-state index in [1.165, 1.54) is 11.3 Å². The molecule has 1 fully saturated rings. The Hall–Kier alpha value is -3.63. The predicted molar refractivity (Wildman–Crippen MR) is 132 cm³/mol. The van der Waals surface area contributed by atoms with Gasteiger partial charge in [-0.25, -0.2) is 19.9 Å². The van der Waals surface area contributed by atoms with E-state index in [2.05, 4.69) is 49.5 Å². The fourth-order valence-electron chi connectivity index (χ4n) is 3.62. The van der Waals surface area contributed by atoms with Crippen molar-refractivity contribution in [3.63, 3.8) is 0 Å². The molecule has 0 atom stereocenters. The largest absolute Gasteiger partial charge is 0.365 e. The molecule has 5 heterocycles. The summed E-state index contributed by atoms with van der Waals surface area (Å²) in [6.07, 6.45) is 5.19. The average Bonchev–Trinajstić information content (AvgIpc) is 3.27. The van der Waals surface area contributed by atoms with Crippen LogP contribution in [0, 0.1) is 0 Å². The molecular weight excluding hydrogens is 436 g/mol. The molecule has 4 aromatic rings. The zero-order valence-corrected chi connectivity index (χ0v) is 19.4. The normalized spacial score (nSPS) is 13.9. The van der Waals surface area contributed by atoms with Gasteiger partial charge in [0.1, 0.15) is 11.6 Å². The van der Waals surface area contributed by atoms with Crippen LogP contribution in [0.5, 0.6) is 0 Å². The van der Waals surface area contributed by atoms with E-state index in [4.69, 9.17) is 4.98 Å². The van der Waals surface area contributed by atoms with Gasteiger partial charge in [-0.15, -0.1) is 0 Å². The Bertz CT molecular complexity index is 1310. The highest BCUT2D eigenvalue weighted by Crippen LogP contribution is 2.29. The van der Waals surface area contributed by atoms with Gasteiger partial charge in [-0.3, -0.25) is 4.79 Å². The summed E-state index contributed by atoms with van der Waals surface area (Å²) in [6.45, 7) is 1.81. The molecule has 4 aromatic heterocycles. The van der Waals surface area contributed by atoms with Gasteiger partial charge in [-0.2, -0.15) is 0 Å². The number of carbonyl (C=O) groups is 1. The highest BCUT2D eigenvalue weighted by molar-refractivity contribution is 7.18. The van der Waals surface area contributed by atoms with Gasteiger partial charge in [-0.05, 0) is 38.4 Å². The van der Waals surface area contributed by atoms with Gasteiger partial charge in [0, 0.05) is 61.8 Å². The molecule has 0 unspecified atom stereocenters. The summed E-state index contributed by atoms with van der Waals surface area (Å²) in [6, 6.07) is 9.75. The molecule has 5 rings (SSSR count). The van der Waals surface area contributed by atoms with E-state index in [1.54, 1.807) is 30.7 Å². The number of anilines is 3. The number of thiazole rings is 1. The lowest BCUT2D eigenvalue weighted by Crippen LogP contribution is -2.57. The highest BCUT2D eigenvalue weighted by Gasteiger charge is 2.29. The van der Waals surface area contributed by atoms with Gasteiger partial charge in [0.15, 0.2) is 5.13 Å². The Morgan fingerprint density at radius 3 is 2.73 bits per heavy atom. The molecule has 1 saturated heterocycles. The van der Waals surface area contributed by atoms with Gasteiger partial charge in [-0.1, -0.05) is 11.3 Å². The third-order valence-corrected chi connectivity index (χ3v) is 6.75. The Morgan fingerprint density at radius 2 is 1.97 bits per heavy atom. The zero-order valence-electron chi connectivity index (χ0n) is 18.6. The van der Waals surface area contributed by atoms with Gasteiger partial charge in [0.2, 0.25) is 0 Å². The molecule has 10 heteroatoms. The average molecular weight is 461 g/mol. The number of nitrogens with zero attached hydrogens (tertiary/aromatic N) is 6. The summed E-state index contributed by atoms with van der Waals surface area (Å²) in [5, 5.41) is 7.66. The number of pyridine rings is 3. The zero-order chi connectivity index (χ0) is 22.9. The fraction of sp³-hybridized carbons (Fsp3) is 0.261. The maximum atomic E-state index is 12.9. The second kappa shape index (κ2) is 8.72. The van der Waals surface area contributed by atoms with Crippen molar-refractivity contribution in [2.45, 2.75) is 6.04 Å². The molecule has 0 spiro atoms. The molecule has 0 bridgehead atoms. The number of hydrogen-bond acceptors (Lipinski definition) is 9. The molecule has 2 N–H and O–H groups in total. The summed E-state index contributed by atoms with van der Waals surface area (Å²) in [4.78, 5) is 36.1. The summed E-state index contributed by atoms with van der Waals surface area (Å²) < 4.78 is 0. The first-order valence-corrected chi connectivity index (χ1v) is 11.4. The van der Waals surface area contributed by atoms with Crippen molar-refractivity contribution >= 4 is 44.9 Å². The van der Waals surface area contributed by atoms with E-state index in [-0.39, 0.29) is 5.91 Å². The van der Waals surface area contributed by atoms with Crippen molar-refractivity contribution in [2.24, 2.45) is 0 Å². The Labute approximate surface area is 195 Å². The van der Waals surface area contributed by atoms with Crippen LogP contribution < -0.4 is 15.5 Å². The molecule has 1 amide bonds. The summed E-state index contributed by atoms with van der Waals surface area (Å²) >= 11 is 1.54. The molecule has 0 aromatic carbocycles. The minimum absolute atomic E-state index is 0.229. The van der Waals surface area contributed by atoms with Crippen molar-refractivity contribution in [3.8, 4) is 10.6 Å². The van der Waals surface area contributed by atoms with Crippen LogP contribution in [0.3, 0.4) is 0 Å². The number of carbonyl (C=O) groups excluding carboxylic acids is 1. The predicted octanol–water partition coefficient (Wildman–Crippen LogP) is 3.19. The molecule has 1 aliphatic rings. The minimum atomic E-state index is -0.229. The van der Waals surface area contributed by atoms with Crippen molar-refractivity contribution in [1.82, 2.24) is 24.8 Å². The number of fused-ring (bicyclic) bond motifs is 1. The molecule has 0 aliphatic carbocycles. The van der Waals surface area contributed by atoms with Gasteiger partial charge >= 0.3 is 0 Å². The first kappa shape index (κ1) is 21.2. The van der Waals surface area contributed by atoms with Gasteiger partial charge in [0.25, 0.3) is 5.91 Å². The van der Waals surface area contributed by atoms with E-state index in [0.29, 0.717) is 17.4 Å². The van der Waals surface area contributed by atoms with Crippen LogP contribution in [-0.2, 0) is 0 Å². The number of likely N-dealkylation sites (N-methyl/N-ethyl adjacent to an activating group) is 1. The van der Waals surface area contributed by atoms with Crippen LogP contribution in [0.4, 0.5) is 16.8 Å². The summed E-state index contributed by atoms with van der Waals surface area (Å²) in [7, 11) is 5.99. The van der Waals surface area contributed by atoms with Crippen LogP contribution in [0.15, 0.2) is 48.9 Å². The van der Waals surface area contributed by atoms with Crippen molar-refractivity contribution in [3.05, 3.63) is 54.5 Å². The monoisotopic (exact) mass is 460 g/mol. The van der Waals surface area contributed by atoms with E-state index in [1.807, 2.05) is 25.2 Å². The van der Waals surface area contributed by atoms with Crippen molar-refractivity contribution in [1.29, 1.82) is 0 Å². The third-order valence-electron chi connectivity index (χ3n) is 5.71. The second-order valence-corrected chi connectivity index (χ2v) is 9.15. The smallest absolute Gasteiger partial charge is 0.257 e. The molecule has 33 heavy (non-hydrogen) atoms. The molecule has 9 nitrogen and oxygen atoms in total. The Kier molecular flexibility index (Phi) is 5.61. The quantitative estimate of drug-likeness (QED) is 0.453. The van der Waals surface area contributed by atoms with Gasteiger partial charge < -0.3 is 20.4 Å². The molecular formula is C23H24N8OS. The van der Waals surface area contributed by atoms with E-state index in [0.717, 1.165) is 45.5 Å². The third kappa shape index (κ3) is 4.35. The van der Waals surface area contributed by atoms with Crippen molar-refractivity contribution < 1.29 is 4.79 Å². The molecule has 168 valence electrons.